The van der Waals surface area contributed by atoms with Gasteiger partial charge in [-0.2, -0.15) is 0 Å². The second-order valence-corrected chi connectivity index (χ2v) is 3.66. The van der Waals surface area contributed by atoms with Crippen LogP contribution in [0.1, 0.15) is 39.5 Å². The van der Waals surface area contributed by atoms with Crippen LogP contribution >= 0.6 is 0 Å². The molecule has 0 aromatic rings. The van der Waals surface area contributed by atoms with Crippen molar-refractivity contribution in [2.24, 2.45) is 0 Å². The molecular formula is C10H14CaO4S2. The summed E-state index contributed by atoms with van der Waals surface area (Å²) in [6, 6.07) is 0. The molecule has 0 bridgehead atoms. The Morgan fingerprint density at radius 1 is 0.765 bits per heavy atom. The van der Waals surface area contributed by atoms with Crippen molar-refractivity contribution >= 4 is 84.8 Å². The Labute approximate surface area is 142 Å². The van der Waals surface area contributed by atoms with Gasteiger partial charge in [0.15, 0.2) is 11.6 Å². The van der Waals surface area contributed by atoms with Crippen LogP contribution in [0.4, 0.5) is 0 Å². The van der Waals surface area contributed by atoms with Crippen molar-refractivity contribution in [3.63, 3.8) is 0 Å². The van der Waals surface area contributed by atoms with Crippen LogP contribution in [0.25, 0.3) is 0 Å². The second-order valence-electron chi connectivity index (χ2n) is 2.92. The normalized spacial score (nSPS) is 8.12. The average Bonchev–Trinajstić information content (AvgIpc) is 2.19. The van der Waals surface area contributed by atoms with Gasteiger partial charge in [-0.1, -0.05) is 13.8 Å². The minimum Gasteiger partial charge on any atom is -0.734 e. The molecule has 17 heavy (non-hydrogen) atoms. The monoisotopic (exact) mass is 302 g/mol. The van der Waals surface area contributed by atoms with Crippen LogP contribution in [-0.4, -0.2) is 59.5 Å². The standard InChI is InChI=1S/2C5H8O2S.Ca/c2*1-2-3-4(6)5(7)8;/h2*2-3H2,1H3,(H,7,8);/q;;+2/p-2. The molecule has 0 heterocycles. The molecule has 0 fully saturated rings. The molecule has 0 N–H and O–H groups in total. The van der Waals surface area contributed by atoms with Crippen molar-refractivity contribution in [1.82, 2.24) is 0 Å². The maximum atomic E-state index is 10.3. The van der Waals surface area contributed by atoms with Crippen molar-refractivity contribution < 1.29 is 19.2 Å². The van der Waals surface area contributed by atoms with Crippen molar-refractivity contribution in [1.29, 1.82) is 0 Å². The molecule has 0 rings (SSSR count). The molecule has 92 valence electrons. The number of carbonyl (C=O) groups is 4. The molecule has 4 nitrogen and oxygen atoms in total. The van der Waals surface area contributed by atoms with Gasteiger partial charge >= 0.3 is 37.7 Å². The van der Waals surface area contributed by atoms with E-state index in [0.29, 0.717) is 25.7 Å². The van der Waals surface area contributed by atoms with Gasteiger partial charge in [-0.25, -0.2) is 0 Å². The summed E-state index contributed by atoms with van der Waals surface area (Å²) < 4.78 is 0. The molecule has 0 atom stereocenters. The van der Waals surface area contributed by atoms with Crippen LogP contribution in [0.5, 0.6) is 0 Å². The predicted octanol–water partition coefficient (Wildman–Crippen LogP) is 0.477. The van der Waals surface area contributed by atoms with E-state index in [4.69, 9.17) is 0 Å². The Morgan fingerprint density at radius 2 is 1.00 bits per heavy atom. The Kier molecular flexibility index (Phi) is 19.2. The third-order valence-electron chi connectivity index (χ3n) is 1.41. The van der Waals surface area contributed by atoms with Gasteiger partial charge in [0.25, 0.3) is 0 Å². The fourth-order valence-electron chi connectivity index (χ4n) is 0.658. The number of carbonyl (C=O) groups excluding carboxylic acids is 4. The fourth-order valence-corrected chi connectivity index (χ4v) is 0.862. The first-order valence-corrected chi connectivity index (χ1v) is 5.66. The maximum absolute atomic E-state index is 10.3. The zero-order chi connectivity index (χ0) is 13.1. The summed E-state index contributed by atoms with van der Waals surface area (Å²) in [5.74, 6) is -0.884. The Balaban J connectivity index is -0.000000218. The first kappa shape index (κ1) is 22.6. The summed E-state index contributed by atoms with van der Waals surface area (Å²) in [4.78, 5) is 40.6. The predicted molar refractivity (Wildman–Crippen MR) is 70.3 cm³/mol. The molecule has 0 aliphatic heterocycles. The molecule has 0 aromatic carbocycles. The van der Waals surface area contributed by atoms with Crippen LogP contribution in [0.2, 0.25) is 0 Å². The molecule has 0 spiro atoms. The van der Waals surface area contributed by atoms with E-state index < -0.39 is 21.8 Å². The van der Waals surface area contributed by atoms with Crippen LogP contribution in [0.3, 0.4) is 0 Å². The summed E-state index contributed by atoms with van der Waals surface area (Å²) in [6.45, 7) is 3.66. The summed E-state index contributed by atoms with van der Waals surface area (Å²) in [7, 11) is 0. The average molecular weight is 302 g/mol. The van der Waals surface area contributed by atoms with E-state index in [-0.39, 0.29) is 37.7 Å². The third-order valence-corrected chi connectivity index (χ3v) is 1.86. The Morgan fingerprint density at radius 3 is 1.06 bits per heavy atom. The zero-order valence-electron chi connectivity index (χ0n) is 9.99. The summed E-state index contributed by atoms with van der Waals surface area (Å²) in [6.07, 6.45) is 1.98. The van der Waals surface area contributed by atoms with Gasteiger partial charge in [0, 0.05) is 12.8 Å². The van der Waals surface area contributed by atoms with Crippen LogP contribution in [0.15, 0.2) is 0 Å². The first-order chi connectivity index (χ1) is 7.36. The van der Waals surface area contributed by atoms with Crippen molar-refractivity contribution in [2.75, 3.05) is 0 Å². The number of hydrogen-bond donors (Lipinski definition) is 0. The largest absolute Gasteiger partial charge is 2.00 e. The van der Waals surface area contributed by atoms with Crippen molar-refractivity contribution in [3.05, 3.63) is 0 Å². The number of Topliss-reactive ketones (excluding diaryl/α,β-unsaturated/α-hetero) is 2. The molecule has 0 saturated heterocycles. The molecule has 0 aliphatic carbocycles. The SMILES string of the molecule is CCCC(=O)C(=O)[S-].CCCC(=O)C(=O)[S-].[Ca+2]. The Bertz CT molecular complexity index is 251. The third kappa shape index (κ3) is 16.4. The van der Waals surface area contributed by atoms with Gasteiger partial charge in [0.2, 0.25) is 0 Å². The van der Waals surface area contributed by atoms with E-state index in [2.05, 4.69) is 25.3 Å². The van der Waals surface area contributed by atoms with Gasteiger partial charge in [-0.15, -0.1) is 0 Å². The zero-order valence-corrected chi connectivity index (χ0v) is 13.8. The smallest absolute Gasteiger partial charge is 0.734 e. The van der Waals surface area contributed by atoms with E-state index in [0.717, 1.165) is 0 Å². The molecule has 0 radical (unpaired) electrons. The molecule has 0 amide bonds. The van der Waals surface area contributed by atoms with Gasteiger partial charge in [0.05, 0.1) is 10.2 Å². The Hall–Kier alpha value is 0.380. The van der Waals surface area contributed by atoms with Gasteiger partial charge in [0.1, 0.15) is 0 Å². The molecule has 0 saturated carbocycles. The molecule has 0 aliphatic rings. The number of ketones is 2. The van der Waals surface area contributed by atoms with Gasteiger partial charge < -0.3 is 34.8 Å². The van der Waals surface area contributed by atoms with Gasteiger partial charge in [-0.05, 0) is 12.8 Å². The minimum absolute atomic E-state index is 0. The minimum atomic E-state index is -0.744. The number of hydrogen-bond acceptors (Lipinski definition) is 6. The molecule has 0 unspecified atom stereocenters. The number of rotatable bonds is 6. The van der Waals surface area contributed by atoms with E-state index in [1.54, 1.807) is 0 Å². The van der Waals surface area contributed by atoms with E-state index in [9.17, 15) is 19.2 Å². The molecule has 0 aromatic heterocycles. The van der Waals surface area contributed by atoms with Crippen LogP contribution in [-0.2, 0) is 44.4 Å². The first-order valence-electron chi connectivity index (χ1n) is 4.85. The summed E-state index contributed by atoms with van der Waals surface area (Å²) in [5, 5.41) is -1.49. The topological polar surface area (TPSA) is 68.3 Å². The van der Waals surface area contributed by atoms with Crippen LogP contribution < -0.4 is 0 Å². The van der Waals surface area contributed by atoms with Crippen LogP contribution in [0, 0.1) is 0 Å². The quantitative estimate of drug-likeness (QED) is 0.404. The fraction of sp³-hybridized carbons (Fsp3) is 0.600. The van der Waals surface area contributed by atoms with E-state index in [1.165, 1.54) is 0 Å². The van der Waals surface area contributed by atoms with Crippen molar-refractivity contribution in [2.45, 2.75) is 39.5 Å². The molecule has 7 heteroatoms. The van der Waals surface area contributed by atoms with Gasteiger partial charge in [-0.3, -0.25) is 9.59 Å². The van der Waals surface area contributed by atoms with Crippen molar-refractivity contribution in [3.8, 4) is 0 Å². The molecular weight excluding hydrogens is 288 g/mol. The van der Waals surface area contributed by atoms with E-state index >= 15 is 0 Å². The van der Waals surface area contributed by atoms with E-state index in [1.807, 2.05) is 13.8 Å². The second kappa shape index (κ2) is 14.4. The maximum Gasteiger partial charge on any atom is 2.00 e. The summed E-state index contributed by atoms with van der Waals surface area (Å²) in [5.41, 5.74) is 0. The summed E-state index contributed by atoms with van der Waals surface area (Å²) >= 11 is 8.16.